The summed E-state index contributed by atoms with van der Waals surface area (Å²) in [5.74, 6) is 1.94. The normalized spacial score (nSPS) is 24.0. The van der Waals surface area contributed by atoms with Crippen LogP contribution in [0.3, 0.4) is 0 Å². The monoisotopic (exact) mass is 339 g/mol. The summed E-state index contributed by atoms with van der Waals surface area (Å²) >= 11 is 0. The van der Waals surface area contributed by atoms with Gasteiger partial charge in [-0.1, -0.05) is 41.0 Å². The number of benzene rings is 1. The summed E-state index contributed by atoms with van der Waals surface area (Å²) in [5.41, 5.74) is 5.27. The molecule has 0 bridgehead atoms. The Labute approximate surface area is 151 Å². The van der Waals surface area contributed by atoms with E-state index >= 15 is 0 Å². The summed E-state index contributed by atoms with van der Waals surface area (Å²) in [5, 5.41) is 10.1. The van der Waals surface area contributed by atoms with Crippen LogP contribution in [0.5, 0.6) is 11.5 Å². The molecule has 1 aromatic rings. The molecule has 2 aliphatic carbocycles. The highest BCUT2D eigenvalue weighted by Crippen LogP contribution is 2.62. The van der Waals surface area contributed by atoms with Gasteiger partial charge in [-0.2, -0.15) is 5.26 Å². The first-order chi connectivity index (χ1) is 11.7. The molecule has 1 atom stereocenters. The maximum atomic E-state index is 10.1. The van der Waals surface area contributed by atoms with Crippen molar-refractivity contribution >= 4 is 5.57 Å². The predicted molar refractivity (Wildman–Crippen MR) is 101 cm³/mol. The molecule has 25 heavy (non-hydrogen) atoms. The Morgan fingerprint density at radius 3 is 2.32 bits per heavy atom. The van der Waals surface area contributed by atoms with Crippen LogP contribution in [0.25, 0.3) is 5.57 Å². The quantitative estimate of drug-likeness (QED) is 0.721. The second-order valence-electron chi connectivity index (χ2n) is 8.53. The summed E-state index contributed by atoms with van der Waals surface area (Å²) in [6.07, 6.45) is 3.35. The minimum absolute atomic E-state index is 0.0212. The van der Waals surface area contributed by atoms with Crippen molar-refractivity contribution in [3.05, 3.63) is 28.3 Å². The molecule has 3 nitrogen and oxygen atoms in total. The number of nitrogens with zero attached hydrogens (tertiary/aromatic N) is 1. The van der Waals surface area contributed by atoms with Crippen molar-refractivity contribution in [2.75, 3.05) is 14.2 Å². The molecule has 3 heteroatoms. The van der Waals surface area contributed by atoms with Crippen LogP contribution in [0.1, 0.15) is 76.5 Å². The minimum atomic E-state index is -0.113. The third kappa shape index (κ3) is 2.30. The molecule has 3 rings (SSSR count). The maximum Gasteiger partial charge on any atom is 0.134 e. The molecule has 0 N–H and O–H groups in total. The van der Waals surface area contributed by atoms with Crippen LogP contribution in [0, 0.1) is 16.7 Å². The Hall–Kier alpha value is -1.95. The van der Waals surface area contributed by atoms with Gasteiger partial charge in [-0.05, 0) is 41.4 Å². The third-order valence-corrected chi connectivity index (χ3v) is 6.20. The van der Waals surface area contributed by atoms with E-state index in [4.69, 9.17) is 9.47 Å². The van der Waals surface area contributed by atoms with Crippen LogP contribution in [-0.2, 0) is 5.41 Å². The SMILES string of the molecule is COc1cc2c(c(OC)c1C(C)C)C(C#N)=C1C(C)(C)CCC[C@@]12C. The number of nitriles is 1. The molecule has 0 saturated heterocycles. The largest absolute Gasteiger partial charge is 0.496 e. The fourth-order valence-corrected chi connectivity index (χ4v) is 5.26. The van der Waals surface area contributed by atoms with Crippen molar-refractivity contribution in [1.29, 1.82) is 5.26 Å². The zero-order valence-corrected chi connectivity index (χ0v) is 16.5. The first-order valence-corrected chi connectivity index (χ1v) is 9.18. The zero-order valence-electron chi connectivity index (χ0n) is 16.5. The Bertz CT molecular complexity index is 795. The average molecular weight is 339 g/mol. The van der Waals surface area contributed by atoms with E-state index in [0.717, 1.165) is 41.0 Å². The number of allylic oxidation sites excluding steroid dienone is 2. The Kier molecular flexibility index (Phi) is 4.14. The average Bonchev–Trinajstić information content (AvgIpc) is 2.82. The lowest BCUT2D eigenvalue weighted by Gasteiger charge is -2.44. The van der Waals surface area contributed by atoms with Gasteiger partial charge in [0.25, 0.3) is 0 Å². The first-order valence-electron chi connectivity index (χ1n) is 9.18. The van der Waals surface area contributed by atoms with E-state index in [-0.39, 0.29) is 16.7 Å². The molecule has 134 valence electrons. The summed E-state index contributed by atoms with van der Waals surface area (Å²) < 4.78 is 11.6. The van der Waals surface area contributed by atoms with Gasteiger partial charge in [0.2, 0.25) is 0 Å². The van der Waals surface area contributed by atoms with Crippen molar-refractivity contribution in [3.63, 3.8) is 0 Å². The highest BCUT2D eigenvalue weighted by molar-refractivity contribution is 5.93. The Balaban J connectivity index is 2.45. The maximum absolute atomic E-state index is 10.1. The lowest BCUT2D eigenvalue weighted by Crippen LogP contribution is -2.35. The van der Waals surface area contributed by atoms with Gasteiger partial charge in [-0.15, -0.1) is 0 Å². The number of hydrogen-bond acceptors (Lipinski definition) is 3. The van der Waals surface area contributed by atoms with Gasteiger partial charge in [0.15, 0.2) is 0 Å². The van der Waals surface area contributed by atoms with E-state index in [2.05, 4.69) is 46.8 Å². The molecule has 1 aromatic carbocycles. The van der Waals surface area contributed by atoms with Crippen molar-refractivity contribution in [2.24, 2.45) is 5.41 Å². The van der Waals surface area contributed by atoms with Gasteiger partial charge in [0, 0.05) is 16.5 Å². The standard InChI is InChI=1S/C22H29NO2/c1-13(2)17-16(24-6)11-15-18(19(17)25-7)14(12-23)20-21(3,4)9-8-10-22(15,20)5/h11,13H,8-10H2,1-7H3/t22-/m1/s1. The molecule has 0 radical (unpaired) electrons. The van der Waals surface area contributed by atoms with Gasteiger partial charge in [0.1, 0.15) is 11.5 Å². The number of fused-ring (bicyclic) bond motifs is 3. The van der Waals surface area contributed by atoms with E-state index in [0.29, 0.717) is 0 Å². The summed E-state index contributed by atoms with van der Waals surface area (Å²) in [6, 6.07) is 4.70. The van der Waals surface area contributed by atoms with Gasteiger partial charge in [-0.3, -0.25) is 0 Å². The summed E-state index contributed by atoms with van der Waals surface area (Å²) in [4.78, 5) is 0. The van der Waals surface area contributed by atoms with Crippen molar-refractivity contribution in [1.82, 2.24) is 0 Å². The molecule has 1 saturated carbocycles. The van der Waals surface area contributed by atoms with Crippen molar-refractivity contribution in [2.45, 2.75) is 65.2 Å². The van der Waals surface area contributed by atoms with E-state index in [9.17, 15) is 5.26 Å². The molecular weight excluding hydrogens is 310 g/mol. The van der Waals surface area contributed by atoms with Crippen LogP contribution in [0.15, 0.2) is 11.6 Å². The molecule has 0 unspecified atom stereocenters. The smallest absolute Gasteiger partial charge is 0.134 e. The van der Waals surface area contributed by atoms with E-state index in [1.165, 1.54) is 17.6 Å². The fourth-order valence-electron chi connectivity index (χ4n) is 5.26. The number of ether oxygens (including phenoxy) is 2. The van der Waals surface area contributed by atoms with E-state index < -0.39 is 0 Å². The van der Waals surface area contributed by atoms with Gasteiger partial charge in [0.05, 0.1) is 25.9 Å². The highest BCUT2D eigenvalue weighted by Gasteiger charge is 2.51. The summed E-state index contributed by atoms with van der Waals surface area (Å²) in [6.45, 7) is 11.1. The molecule has 0 aromatic heterocycles. The van der Waals surface area contributed by atoms with Crippen LogP contribution in [-0.4, -0.2) is 14.2 Å². The van der Waals surface area contributed by atoms with Crippen LogP contribution in [0.2, 0.25) is 0 Å². The lowest BCUT2D eigenvalue weighted by molar-refractivity contribution is 0.265. The fraction of sp³-hybridized carbons (Fsp3) is 0.591. The first kappa shape index (κ1) is 17.9. The number of hydrogen-bond donors (Lipinski definition) is 0. The Morgan fingerprint density at radius 1 is 1.12 bits per heavy atom. The van der Waals surface area contributed by atoms with Crippen LogP contribution < -0.4 is 9.47 Å². The number of methoxy groups -OCH3 is 2. The molecule has 0 amide bonds. The van der Waals surface area contributed by atoms with E-state index in [1.54, 1.807) is 14.2 Å². The minimum Gasteiger partial charge on any atom is -0.496 e. The molecular formula is C22H29NO2. The third-order valence-electron chi connectivity index (χ3n) is 6.20. The van der Waals surface area contributed by atoms with E-state index in [1.807, 2.05) is 0 Å². The second kappa shape index (κ2) is 5.80. The molecule has 0 spiro atoms. The Morgan fingerprint density at radius 2 is 1.80 bits per heavy atom. The van der Waals surface area contributed by atoms with Crippen LogP contribution in [0.4, 0.5) is 0 Å². The lowest BCUT2D eigenvalue weighted by atomic mass is 9.60. The predicted octanol–water partition coefficient (Wildman–Crippen LogP) is 5.59. The van der Waals surface area contributed by atoms with Gasteiger partial charge >= 0.3 is 0 Å². The zero-order chi connectivity index (χ0) is 18.6. The van der Waals surface area contributed by atoms with Gasteiger partial charge in [-0.25, -0.2) is 0 Å². The van der Waals surface area contributed by atoms with Crippen molar-refractivity contribution in [3.8, 4) is 17.6 Å². The highest BCUT2D eigenvalue weighted by atomic mass is 16.5. The van der Waals surface area contributed by atoms with Crippen molar-refractivity contribution < 1.29 is 9.47 Å². The topological polar surface area (TPSA) is 42.2 Å². The summed E-state index contributed by atoms with van der Waals surface area (Å²) in [7, 11) is 3.42. The van der Waals surface area contributed by atoms with Crippen LogP contribution >= 0.6 is 0 Å². The molecule has 0 heterocycles. The number of rotatable bonds is 3. The molecule has 0 aliphatic heterocycles. The molecule has 2 aliphatic rings. The molecule has 1 fully saturated rings. The van der Waals surface area contributed by atoms with Gasteiger partial charge < -0.3 is 9.47 Å². The second-order valence-corrected chi connectivity index (χ2v) is 8.53.